The van der Waals surface area contributed by atoms with Gasteiger partial charge in [-0.2, -0.15) is 10.2 Å². The highest BCUT2D eigenvalue weighted by Gasteiger charge is 1.93. The number of rotatable bonds is 5. The molecule has 0 radical (unpaired) electrons. The topological polar surface area (TPSA) is 61.5 Å². The number of nitrogens with zero attached hydrogens (tertiary/aromatic N) is 4. The zero-order chi connectivity index (χ0) is 16.6. The highest BCUT2D eigenvalue weighted by molar-refractivity contribution is 6.30. The van der Waals surface area contributed by atoms with E-state index in [1.54, 1.807) is 24.3 Å². The van der Waals surface area contributed by atoms with E-state index in [-0.39, 0.29) is 0 Å². The number of hydrogen-bond acceptors (Lipinski definition) is 4. The van der Waals surface area contributed by atoms with Gasteiger partial charge in [-0.25, -0.2) is 0 Å². The monoisotopic (exact) mass is 335 g/mol. The molecule has 3 rings (SSSR count). The highest BCUT2D eigenvalue weighted by Crippen LogP contribution is 2.21. The summed E-state index contributed by atoms with van der Waals surface area (Å²) in [6.07, 6.45) is 0. The van der Waals surface area contributed by atoms with Gasteiger partial charge in [-0.05, 0) is 60.7 Å². The molecule has 0 aromatic heterocycles. The SMILES string of the molecule is Clc1ccc(N=NNc2ccc(N=Nc3ccccc3)cc2)cc1. The van der Waals surface area contributed by atoms with Crippen LogP contribution in [-0.4, -0.2) is 0 Å². The molecule has 3 aromatic carbocycles. The van der Waals surface area contributed by atoms with Crippen LogP contribution in [0.1, 0.15) is 0 Å². The molecule has 0 aliphatic rings. The Bertz CT molecular complexity index is 828. The van der Waals surface area contributed by atoms with Crippen LogP contribution in [0, 0.1) is 0 Å². The molecular weight excluding hydrogens is 322 g/mol. The maximum Gasteiger partial charge on any atom is 0.0875 e. The molecule has 0 aliphatic carbocycles. The van der Waals surface area contributed by atoms with Crippen molar-refractivity contribution < 1.29 is 0 Å². The van der Waals surface area contributed by atoms with E-state index in [0.717, 1.165) is 22.7 Å². The maximum absolute atomic E-state index is 5.82. The zero-order valence-corrected chi connectivity index (χ0v) is 13.4. The second kappa shape index (κ2) is 7.99. The molecule has 3 aromatic rings. The number of anilines is 1. The number of nitrogens with one attached hydrogen (secondary N) is 1. The average Bonchev–Trinajstić information content (AvgIpc) is 2.64. The lowest BCUT2D eigenvalue weighted by atomic mass is 10.3. The summed E-state index contributed by atoms with van der Waals surface area (Å²) in [5.74, 6) is 0. The van der Waals surface area contributed by atoms with Crippen molar-refractivity contribution in [1.82, 2.24) is 0 Å². The summed E-state index contributed by atoms with van der Waals surface area (Å²) in [5, 5.41) is 17.0. The van der Waals surface area contributed by atoms with Crippen molar-refractivity contribution in [1.29, 1.82) is 0 Å². The molecule has 24 heavy (non-hydrogen) atoms. The van der Waals surface area contributed by atoms with E-state index in [9.17, 15) is 0 Å². The van der Waals surface area contributed by atoms with Gasteiger partial charge in [-0.1, -0.05) is 35.0 Å². The minimum absolute atomic E-state index is 0.669. The van der Waals surface area contributed by atoms with Crippen LogP contribution in [-0.2, 0) is 0 Å². The largest absolute Gasteiger partial charge is 0.260 e. The zero-order valence-electron chi connectivity index (χ0n) is 12.7. The second-order valence-electron chi connectivity index (χ2n) is 4.87. The number of azo groups is 1. The second-order valence-corrected chi connectivity index (χ2v) is 5.31. The first-order valence-electron chi connectivity index (χ1n) is 7.29. The van der Waals surface area contributed by atoms with Crippen LogP contribution in [0.5, 0.6) is 0 Å². The first-order chi connectivity index (χ1) is 11.8. The third-order valence-electron chi connectivity index (χ3n) is 3.08. The van der Waals surface area contributed by atoms with Crippen LogP contribution in [0.2, 0.25) is 5.02 Å². The van der Waals surface area contributed by atoms with Crippen molar-refractivity contribution in [2.45, 2.75) is 0 Å². The van der Waals surface area contributed by atoms with E-state index in [0.29, 0.717) is 5.02 Å². The van der Waals surface area contributed by atoms with Gasteiger partial charge in [0, 0.05) is 5.02 Å². The molecule has 1 N–H and O–H groups in total. The fourth-order valence-corrected chi connectivity index (χ4v) is 1.99. The molecule has 0 bridgehead atoms. The van der Waals surface area contributed by atoms with Crippen molar-refractivity contribution in [2.75, 3.05) is 5.43 Å². The van der Waals surface area contributed by atoms with Crippen molar-refractivity contribution >= 4 is 34.4 Å². The van der Waals surface area contributed by atoms with Crippen molar-refractivity contribution in [3.63, 3.8) is 0 Å². The van der Waals surface area contributed by atoms with Crippen molar-refractivity contribution in [3.8, 4) is 0 Å². The summed E-state index contributed by atoms with van der Waals surface area (Å²) >= 11 is 5.82. The molecule has 0 spiro atoms. The summed E-state index contributed by atoms with van der Waals surface area (Å²) < 4.78 is 0. The summed E-state index contributed by atoms with van der Waals surface area (Å²) in [6.45, 7) is 0. The van der Waals surface area contributed by atoms with Gasteiger partial charge in [0.1, 0.15) is 0 Å². The maximum atomic E-state index is 5.82. The molecule has 0 saturated carbocycles. The fraction of sp³-hybridized carbons (Fsp3) is 0. The molecule has 6 heteroatoms. The van der Waals surface area contributed by atoms with Gasteiger partial charge in [-0.3, -0.25) is 5.43 Å². The van der Waals surface area contributed by atoms with E-state index in [1.807, 2.05) is 54.6 Å². The Balaban J connectivity index is 1.58. The molecule has 5 nitrogen and oxygen atoms in total. The summed E-state index contributed by atoms with van der Waals surface area (Å²) in [6, 6.07) is 24.1. The molecule has 0 saturated heterocycles. The van der Waals surface area contributed by atoms with Gasteiger partial charge < -0.3 is 0 Å². The molecule has 0 fully saturated rings. The van der Waals surface area contributed by atoms with Crippen LogP contribution >= 0.6 is 11.6 Å². The summed E-state index contributed by atoms with van der Waals surface area (Å²) in [4.78, 5) is 0. The molecule has 0 atom stereocenters. The molecule has 0 amide bonds. The van der Waals surface area contributed by atoms with Crippen LogP contribution < -0.4 is 5.43 Å². The number of halogens is 1. The predicted octanol–water partition coefficient (Wildman–Crippen LogP) is 6.87. The molecule has 118 valence electrons. The quantitative estimate of drug-likeness (QED) is 0.401. The molecule has 0 heterocycles. The van der Waals surface area contributed by atoms with E-state index < -0.39 is 0 Å². The Hall–Kier alpha value is -3.05. The smallest absolute Gasteiger partial charge is 0.0875 e. The van der Waals surface area contributed by atoms with Gasteiger partial charge in [0.25, 0.3) is 0 Å². The number of benzene rings is 3. The van der Waals surface area contributed by atoms with Crippen LogP contribution in [0.15, 0.2) is 99.4 Å². The van der Waals surface area contributed by atoms with Crippen LogP contribution in [0.25, 0.3) is 0 Å². The average molecular weight is 336 g/mol. The Morgan fingerprint density at radius 1 is 0.583 bits per heavy atom. The van der Waals surface area contributed by atoms with E-state index >= 15 is 0 Å². The molecule has 0 aliphatic heterocycles. The van der Waals surface area contributed by atoms with Gasteiger partial charge >= 0.3 is 0 Å². The lowest BCUT2D eigenvalue weighted by Crippen LogP contribution is -1.84. The Morgan fingerprint density at radius 2 is 1.12 bits per heavy atom. The minimum atomic E-state index is 0.669. The van der Waals surface area contributed by atoms with Gasteiger partial charge in [-0.15, -0.1) is 5.11 Å². The van der Waals surface area contributed by atoms with Gasteiger partial charge in [0.15, 0.2) is 0 Å². The summed E-state index contributed by atoms with van der Waals surface area (Å²) in [7, 11) is 0. The number of hydrogen-bond donors (Lipinski definition) is 1. The minimum Gasteiger partial charge on any atom is -0.260 e. The third-order valence-corrected chi connectivity index (χ3v) is 3.33. The lowest BCUT2D eigenvalue weighted by Gasteiger charge is -1.99. The van der Waals surface area contributed by atoms with E-state index in [4.69, 9.17) is 11.6 Å². The van der Waals surface area contributed by atoms with Crippen LogP contribution in [0.4, 0.5) is 22.7 Å². The Labute approximate surface area is 144 Å². The van der Waals surface area contributed by atoms with E-state index in [2.05, 4.69) is 26.0 Å². The van der Waals surface area contributed by atoms with Gasteiger partial charge in [0.05, 0.1) is 22.7 Å². The lowest BCUT2D eigenvalue weighted by molar-refractivity contribution is 1.13. The Kier molecular flexibility index (Phi) is 5.27. The van der Waals surface area contributed by atoms with E-state index in [1.165, 1.54) is 0 Å². The third kappa shape index (κ3) is 4.72. The van der Waals surface area contributed by atoms with Crippen LogP contribution in [0.3, 0.4) is 0 Å². The standard InChI is InChI=1S/C18H14ClN5/c19-14-6-8-17(9-7-14)22-24-23-18-12-10-16(11-13-18)21-20-15-4-2-1-3-5-15/h1-13H,(H,22,23). The van der Waals surface area contributed by atoms with Gasteiger partial charge in [0.2, 0.25) is 0 Å². The molecular formula is C18H14ClN5. The first kappa shape index (κ1) is 15.8. The van der Waals surface area contributed by atoms with Crippen molar-refractivity contribution in [3.05, 3.63) is 83.9 Å². The fourth-order valence-electron chi connectivity index (χ4n) is 1.86. The normalized spacial score (nSPS) is 11.2. The molecule has 0 unspecified atom stereocenters. The predicted molar refractivity (Wildman–Crippen MR) is 96.7 cm³/mol. The van der Waals surface area contributed by atoms with Crippen molar-refractivity contribution in [2.24, 2.45) is 20.6 Å². The Morgan fingerprint density at radius 3 is 1.79 bits per heavy atom. The summed E-state index contributed by atoms with van der Waals surface area (Å²) in [5.41, 5.74) is 5.97. The first-order valence-corrected chi connectivity index (χ1v) is 7.66. The highest BCUT2D eigenvalue weighted by atomic mass is 35.5.